The van der Waals surface area contributed by atoms with Crippen molar-refractivity contribution in [1.29, 1.82) is 0 Å². The number of hydrogen-bond acceptors (Lipinski definition) is 5. The smallest absolute Gasteiger partial charge is 0.262 e. The number of nitrogens with one attached hydrogen (secondary N) is 1. The highest BCUT2D eigenvalue weighted by atomic mass is 35.5. The van der Waals surface area contributed by atoms with Gasteiger partial charge in [-0.25, -0.2) is 4.39 Å². The van der Waals surface area contributed by atoms with E-state index in [1.54, 1.807) is 10.5 Å². The zero-order valence-corrected chi connectivity index (χ0v) is 19.1. The Labute approximate surface area is 192 Å². The number of nitrogens with zero attached hydrogens (tertiary/aromatic N) is 4. The number of halogens is 2. The van der Waals surface area contributed by atoms with Crippen LogP contribution in [0.25, 0.3) is 16.7 Å². The molecule has 0 spiro atoms. The third-order valence-electron chi connectivity index (χ3n) is 4.85. The SMILES string of the molecule is CC(C)Cn1c(=O)c2cc(F)ccc2n2c(SCC(=O)NCc3ccccc3Cl)nnc12. The lowest BCUT2D eigenvalue weighted by molar-refractivity contribution is -0.118. The first-order chi connectivity index (χ1) is 15.3. The second-order valence-electron chi connectivity index (χ2n) is 7.75. The standard InChI is InChI=1S/C22H21ClFN5O2S/c1-13(2)11-28-20(31)16-9-15(24)7-8-18(16)29-21(28)26-27-22(29)32-12-19(30)25-10-14-5-3-4-6-17(14)23/h3-9,13H,10-12H2,1-2H3,(H,25,30). The molecule has 0 fully saturated rings. The highest BCUT2D eigenvalue weighted by Crippen LogP contribution is 2.23. The Kier molecular flexibility index (Phi) is 6.48. The summed E-state index contributed by atoms with van der Waals surface area (Å²) in [4.78, 5) is 25.4. The van der Waals surface area contributed by atoms with Crippen molar-refractivity contribution in [3.8, 4) is 0 Å². The van der Waals surface area contributed by atoms with Crippen molar-refractivity contribution in [1.82, 2.24) is 24.5 Å². The zero-order valence-electron chi connectivity index (χ0n) is 17.5. The number of amides is 1. The van der Waals surface area contributed by atoms with Gasteiger partial charge in [0.15, 0.2) is 5.16 Å². The number of thioether (sulfide) groups is 1. The van der Waals surface area contributed by atoms with E-state index in [0.29, 0.717) is 34.6 Å². The van der Waals surface area contributed by atoms with Crippen LogP contribution in [0.1, 0.15) is 19.4 Å². The van der Waals surface area contributed by atoms with Gasteiger partial charge in [0.1, 0.15) is 5.82 Å². The lowest BCUT2D eigenvalue weighted by atomic mass is 10.2. The summed E-state index contributed by atoms with van der Waals surface area (Å²) >= 11 is 7.32. The average Bonchev–Trinajstić information content (AvgIpc) is 3.18. The van der Waals surface area contributed by atoms with Gasteiger partial charge in [-0.1, -0.05) is 55.4 Å². The van der Waals surface area contributed by atoms with Crippen molar-refractivity contribution in [2.45, 2.75) is 32.1 Å². The predicted molar refractivity (Wildman–Crippen MR) is 124 cm³/mol. The van der Waals surface area contributed by atoms with Crippen molar-refractivity contribution >= 4 is 46.0 Å². The fourth-order valence-corrected chi connectivity index (χ4v) is 4.37. The maximum atomic E-state index is 13.9. The predicted octanol–water partition coefficient (Wildman–Crippen LogP) is 3.90. The van der Waals surface area contributed by atoms with Gasteiger partial charge < -0.3 is 5.32 Å². The Morgan fingerprint density at radius 3 is 2.75 bits per heavy atom. The highest BCUT2D eigenvalue weighted by Gasteiger charge is 2.19. The third kappa shape index (κ3) is 4.49. The van der Waals surface area contributed by atoms with Gasteiger partial charge in [-0.05, 0) is 35.7 Å². The van der Waals surface area contributed by atoms with Crippen LogP contribution >= 0.6 is 23.4 Å². The molecule has 2 aromatic carbocycles. The van der Waals surface area contributed by atoms with Crippen LogP contribution in [0.3, 0.4) is 0 Å². The molecular weight excluding hydrogens is 453 g/mol. The molecule has 0 bridgehead atoms. The van der Waals surface area contributed by atoms with Crippen LogP contribution in [-0.2, 0) is 17.9 Å². The van der Waals surface area contributed by atoms with Crippen LogP contribution in [0.4, 0.5) is 4.39 Å². The number of fused-ring (bicyclic) bond motifs is 3. The second kappa shape index (κ2) is 9.30. The summed E-state index contributed by atoms with van der Waals surface area (Å²) < 4.78 is 17.1. The topological polar surface area (TPSA) is 81.3 Å². The van der Waals surface area contributed by atoms with E-state index in [0.717, 1.165) is 5.56 Å². The van der Waals surface area contributed by atoms with E-state index >= 15 is 0 Å². The van der Waals surface area contributed by atoms with Gasteiger partial charge in [-0.3, -0.25) is 18.6 Å². The molecule has 32 heavy (non-hydrogen) atoms. The number of benzene rings is 2. The molecule has 2 aromatic heterocycles. The number of rotatable bonds is 7. The third-order valence-corrected chi connectivity index (χ3v) is 6.14. The van der Waals surface area contributed by atoms with Crippen LogP contribution in [0, 0.1) is 11.7 Å². The molecule has 0 aliphatic heterocycles. The Morgan fingerprint density at radius 1 is 1.22 bits per heavy atom. The second-order valence-corrected chi connectivity index (χ2v) is 9.10. The fourth-order valence-electron chi connectivity index (χ4n) is 3.40. The maximum absolute atomic E-state index is 13.9. The van der Waals surface area contributed by atoms with Crippen LogP contribution in [0.15, 0.2) is 52.4 Å². The first-order valence-electron chi connectivity index (χ1n) is 10.0. The molecule has 0 aliphatic rings. The van der Waals surface area contributed by atoms with Gasteiger partial charge in [-0.15, -0.1) is 10.2 Å². The summed E-state index contributed by atoms with van der Waals surface area (Å²) in [6.45, 7) is 4.69. The lowest BCUT2D eigenvalue weighted by Crippen LogP contribution is -2.26. The Morgan fingerprint density at radius 2 is 2.00 bits per heavy atom. The molecule has 0 atom stereocenters. The van der Waals surface area contributed by atoms with Crippen LogP contribution in [0.5, 0.6) is 0 Å². The van der Waals surface area contributed by atoms with Gasteiger partial charge in [-0.2, -0.15) is 0 Å². The Balaban J connectivity index is 1.63. The zero-order chi connectivity index (χ0) is 22.8. The summed E-state index contributed by atoms with van der Waals surface area (Å²) in [6, 6.07) is 11.3. The van der Waals surface area contributed by atoms with Gasteiger partial charge in [0.05, 0.1) is 16.7 Å². The van der Waals surface area contributed by atoms with E-state index in [4.69, 9.17) is 11.6 Å². The van der Waals surface area contributed by atoms with E-state index in [-0.39, 0.29) is 28.5 Å². The molecule has 10 heteroatoms. The summed E-state index contributed by atoms with van der Waals surface area (Å²) in [5.74, 6) is -0.0616. The van der Waals surface area contributed by atoms with Crippen LogP contribution in [-0.4, -0.2) is 30.8 Å². The molecule has 1 amide bonds. The summed E-state index contributed by atoms with van der Waals surface area (Å²) in [6.07, 6.45) is 0. The molecular formula is C22H21ClFN5O2S. The van der Waals surface area contributed by atoms with E-state index in [2.05, 4.69) is 15.5 Å². The van der Waals surface area contributed by atoms with Crippen LogP contribution in [0.2, 0.25) is 5.02 Å². The number of aromatic nitrogens is 4. The van der Waals surface area contributed by atoms with E-state index in [1.165, 1.54) is 34.5 Å². The molecule has 0 saturated heterocycles. The molecule has 7 nitrogen and oxygen atoms in total. The molecule has 166 valence electrons. The monoisotopic (exact) mass is 473 g/mol. The summed E-state index contributed by atoms with van der Waals surface area (Å²) in [5.41, 5.74) is 1.00. The number of carbonyl (C=O) groups is 1. The van der Waals surface area contributed by atoms with Gasteiger partial charge in [0, 0.05) is 18.1 Å². The van der Waals surface area contributed by atoms with Crippen molar-refractivity contribution in [3.05, 3.63) is 69.2 Å². The van der Waals surface area contributed by atoms with Gasteiger partial charge >= 0.3 is 0 Å². The molecule has 0 aliphatic carbocycles. The van der Waals surface area contributed by atoms with E-state index in [1.807, 2.05) is 32.0 Å². The fraction of sp³-hybridized carbons (Fsp3) is 0.273. The molecule has 2 heterocycles. The Bertz CT molecular complexity index is 1370. The largest absolute Gasteiger partial charge is 0.351 e. The Hall–Kier alpha value is -2.91. The summed E-state index contributed by atoms with van der Waals surface area (Å²) in [7, 11) is 0. The quantitative estimate of drug-likeness (QED) is 0.412. The molecule has 4 aromatic rings. The average molecular weight is 474 g/mol. The first kappa shape index (κ1) is 22.3. The maximum Gasteiger partial charge on any atom is 0.262 e. The first-order valence-corrected chi connectivity index (χ1v) is 11.4. The normalized spacial score (nSPS) is 11.5. The molecule has 0 saturated carbocycles. The van der Waals surface area contributed by atoms with E-state index in [9.17, 15) is 14.0 Å². The van der Waals surface area contributed by atoms with E-state index < -0.39 is 5.82 Å². The number of hydrogen-bond donors (Lipinski definition) is 1. The molecule has 4 rings (SSSR count). The summed E-state index contributed by atoms with van der Waals surface area (Å²) in [5, 5.41) is 12.5. The van der Waals surface area contributed by atoms with Gasteiger partial charge in [0.2, 0.25) is 11.7 Å². The van der Waals surface area contributed by atoms with Crippen molar-refractivity contribution in [3.63, 3.8) is 0 Å². The highest BCUT2D eigenvalue weighted by molar-refractivity contribution is 7.99. The lowest BCUT2D eigenvalue weighted by Gasteiger charge is -2.13. The minimum atomic E-state index is -0.494. The van der Waals surface area contributed by atoms with Gasteiger partial charge in [0.25, 0.3) is 5.56 Å². The van der Waals surface area contributed by atoms with Crippen LogP contribution < -0.4 is 10.9 Å². The molecule has 0 radical (unpaired) electrons. The molecule has 0 unspecified atom stereocenters. The minimum Gasteiger partial charge on any atom is -0.351 e. The van der Waals surface area contributed by atoms with Crippen molar-refractivity contribution in [2.75, 3.05) is 5.75 Å². The van der Waals surface area contributed by atoms with Crippen molar-refractivity contribution < 1.29 is 9.18 Å². The van der Waals surface area contributed by atoms with Crippen molar-refractivity contribution in [2.24, 2.45) is 5.92 Å². The molecule has 1 N–H and O–H groups in total. The number of carbonyl (C=O) groups excluding carboxylic acids is 1. The minimum absolute atomic E-state index is 0.0945.